The number of alkyl halides is 3. The lowest BCUT2D eigenvalue weighted by atomic mass is 10.1. The standard InChI is InChI=1S/C16H15ClF4N2O3S2/c1-8-10(14(24)22-9-4-5-12(18)11(17)6-9)7-13(27-8)28(25,26)23-15(2,3)16(19,20)21/h4-7,23H,1-3H3,(H,22,24). The van der Waals surface area contributed by atoms with Crippen molar-refractivity contribution in [1.82, 2.24) is 4.72 Å². The van der Waals surface area contributed by atoms with Crippen LogP contribution in [0.4, 0.5) is 23.2 Å². The first kappa shape index (κ1) is 22.6. The molecule has 2 aromatic rings. The van der Waals surface area contributed by atoms with E-state index < -0.39 is 37.7 Å². The first-order chi connectivity index (χ1) is 12.6. The number of carbonyl (C=O) groups excluding carboxylic acids is 1. The molecule has 5 nitrogen and oxygen atoms in total. The Kier molecular flexibility index (Phi) is 6.15. The fourth-order valence-electron chi connectivity index (χ4n) is 2.03. The summed E-state index contributed by atoms with van der Waals surface area (Å²) in [6.07, 6.45) is -4.81. The number of sulfonamides is 1. The fourth-order valence-corrected chi connectivity index (χ4v) is 5.05. The van der Waals surface area contributed by atoms with Crippen molar-refractivity contribution in [1.29, 1.82) is 0 Å². The van der Waals surface area contributed by atoms with Crippen LogP contribution in [0.2, 0.25) is 5.02 Å². The molecule has 28 heavy (non-hydrogen) atoms. The minimum absolute atomic E-state index is 0.0457. The van der Waals surface area contributed by atoms with Gasteiger partial charge in [0.25, 0.3) is 15.9 Å². The van der Waals surface area contributed by atoms with Crippen LogP contribution in [0.25, 0.3) is 0 Å². The van der Waals surface area contributed by atoms with E-state index in [9.17, 15) is 30.8 Å². The quantitative estimate of drug-likeness (QED) is 0.636. The van der Waals surface area contributed by atoms with E-state index in [2.05, 4.69) is 5.32 Å². The smallest absolute Gasteiger partial charge is 0.322 e. The highest BCUT2D eigenvalue weighted by atomic mass is 35.5. The Hall–Kier alpha value is -1.69. The molecule has 1 amide bonds. The van der Waals surface area contributed by atoms with Crippen LogP contribution in [0.1, 0.15) is 29.1 Å². The SMILES string of the molecule is Cc1sc(S(=O)(=O)NC(C)(C)C(F)(F)F)cc1C(=O)Nc1ccc(F)c(Cl)c1. The number of aryl methyl sites for hydroxylation is 1. The second-order valence-electron chi connectivity index (χ2n) is 6.35. The first-order valence-electron chi connectivity index (χ1n) is 7.61. The van der Waals surface area contributed by atoms with Crippen molar-refractivity contribution < 1.29 is 30.8 Å². The molecule has 0 spiro atoms. The summed E-state index contributed by atoms with van der Waals surface area (Å²) in [4.78, 5) is 12.7. The Morgan fingerprint density at radius 1 is 1.18 bits per heavy atom. The minimum Gasteiger partial charge on any atom is -0.322 e. The summed E-state index contributed by atoms with van der Waals surface area (Å²) in [5.41, 5.74) is -2.57. The van der Waals surface area contributed by atoms with Crippen LogP contribution in [0.5, 0.6) is 0 Å². The van der Waals surface area contributed by atoms with Crippen molar-refractivity contribution in [3.8, 4) is 0 Å². The van der Waals surface area contributed by atoms with Crippen molar-refractivity contribution in [3.63, 3.8) is 0 Å². The number of thiophene rings is 1. The number of halogens is 5. The van der Waals surface area contributed by atoms with E-state index in [1.807, 2.05) is 0 Å². The number of rotatable bonds is 5. The number of carbonyl (C=O) groups is 1. The van der Waals surface area contributed by atoms with Crippen LogP contribution < -0.4 is 10.0 Å². The van der Waals surface area contributed by atoms with E-state index in [4.69, 9.17) is 11.6 Å². The van der Waals surface area contributed by atoms with Gasteiger partial charge in [-0.05, 0) is 45.0 Å². The van der Waals surface area contributed by atoms with Crippen LogP contribution in [0.15, 0.2) is 28.5 Å². The van der Waals surface area contributed by atoms with Crippen molar-refractivity contribution >= 4 is 44.6 Å². The van der Waals surface area contributed by atoms with Gasteiger partial charge in [-0.25, -0.2) is 12.8 Å². The van der Waals surface area contributed by atoms with Crippen molar-refractivity contribution in [2.24, 2.45) is 0 Å². The van der Waals surface area contributed by atoms with Crippen LogP contribution in [0, 0.1) is 12.7 Å². The highest BCUT2D eigenvalue weighted by Gasteiger charge is 2.50. The predicted octanol–water partition coefficient (Wildman–Crippen LogP) is 4.72. The summed E-state index contributed by atoms with van der Waals surface area (Å²) in [6.45, 7) is 2.83. The molecule has 0 saturated carbocycles. The molecule has 1 heterocycles. The maximum atomic E-state index is 13.2. The average Bonchev–Trinajstić information content (AvgIpc) is 2.92. The second kappa shape index (κ2) is 7.62. The topological polar surface area (TPSA) is 75.3 Å². The number of hydrogen-bond donors (Lipinski definition) is 2. The van der Waals surface area contributed by atoms with Gasteiger partial charge in [-0.1, -0.05) is 11.6 Å². The van der Waals surface area contributed by atoms with E-state index in [1.54, 1.807) is 4.72 Å². The normalized spacial score (nSPS) is 12.9. The number of anilines is 1. The minimum atomic E-state index is -4.81. The van der Waals surface area contributed by atoms with E-state index in [1.165, 1.54) is 19.1 Å². The average molecular weight is 459 g/mol. The third-order valence-corrected chi connectivity index (χ3v) is 7.15. The van der Waals surface area contributed by atoms with Gasteiger partial charge < -0.3 is 5.32 Å². The van der Waals surface area contributed by atoms with Gasteiger partial charge >= 0.3 is 6.18 Å². The van der Waals surface area contributed by atoms with Gasteiger partial charge in [-0.15, -0.1) is 11.3 Å². The maximum Gasteiger partial charge on any atom is 0.407 e. The van der Waals surface area contributed by atoms with Gasteiger partial charge in [0.15, 0.2) is 0 Å². The summed E-state index contributed by atoms with van der Waals surface area (Å²) in [7, 11) is -4.52. The van der Waals surface area contributed by atoms with E-state index in [0.29, 0.717) is 25.2 Å². The fraction of sp³-hybridized carbons (Fsp3) is 0.312. The summed E-state index contributed by atoms with van der Waals surface area (Å²) in [5, 5.41) is 2.21. The van der Waals surface area contributed by atoms with Gasteiger partial charge in [-0.3, -0.25) is 4.79 Å². The first-order valence-corrected chi connectivity index (χ1v) is 10.3. The summed E-state index contributed by atoms with van der Waals surface area (Å²) in [5.74, 6) is -1.40. The molecular formula is C16H15ClF4N2O3S2. The molecule has 154 valence electrons. The molecule has 1 aromatic heterocycles. The van der Waals surface area contributed by atoms with Gasteiger partial charge in [0.2, 0.25) is 0 Å². The summed E-state index contributed by atoms with van der Waals surface area (Å²) >= 11 is 6.29. The second-order valence-corrected chi connectivity index (χ2v) is 9.92. The molecule has 0 atom stereocenters. The van der Waals surface area contributed by atoms with Crippen molar-refractivity contribution in [2.45, 2.75) is 36.7 Å². The number of benzene rings is 1. The molecule has 0 fully saturated rings. The predicted molar refractivity (Wildman–Crippen MR) is 98.9 cm³/mol. The molecule has 0 aliphatic carbocycles. The van der Waals surface area contributed by atoms with Crippen LogP contribution >= 0.6 is 22.9 Å². The van der Waals surface area contributed by atoms with Crippen LogP contribution in [-0.4, -0.2) is 26.0 Å². The number of hydrogen-bond acceptors (Lipinski definition) is 4. The van der Waals surface area contributed by atoms with Gasteiger partial charge in [0.05, 0.1) is 10.6 Å². The molecule has 12 heteroatoms. The zero-order valence-corrected chi connectivity index (χ0v) is 17.1. The van der Waals surface area contributed by atoms with Gasteiger partial charge in [-0.2, -0.15) is 17.9 Å². The molecule has 2 N–H and O–H groups in total. The molecule has 2 rings (SSSR count). The third kappa shape index (κ3) is 4.83. The molecule has 0 unspecified atom stereocenters. The number of amides is 1. The van der Waals surface area contributed by atoms with E-state index >= 15 is 0 Å². The Bertz CT molecular complexity index is 1020. The monoisotopic (exact) mass is 458 g/mol. The zero-order chi connectivity index (χ0) is 21.5. The van der Waals surface area contributed by atoms with Crippen molar-refractivity contribution in [3.05, 3.63) is 45.5 Å². The molecule has 0 aliphatic rings. The lowest BCUT2D eigenvalue weighted by Gasteiger charge is -2.28. The molecule has 0 aliphatic heterocycles. The highest BCUT2D eigenvalue weighted by Crippen LogP contribution is 2.33. The molecule has 0 saturated heterocycles. The van der Waals surface area contributed by atoms with Crippen molar-refractivity contribution in [2.75, 3.05) is 5.32 Å². The largest absolute Gasteiger partial charge is 0.407 e. The van der Waals surface area contributed by atoms with E-state index in [0.717, 1.165) is 12.1 Å². The summed E-state index contributed by atoms with van der Waals surface area (Å²) in [6, 6.07) is 4.44. The van der Waals surface area contributed by atoms with Crippen LogP contribution in [0.3, 0.4) is 0 Å². The molecule has 1 aromatic carbocycles. The number of nitrogens with one attached hydrogen (secondary N) is 2. The zero-order valence-electron chi connectivity index (χ0n) is 14.7. The molecular weight excluding hydrogens is 444 g/mol. The highest BCUT2D eigenvalue weighted by molar-refractivity contribution is 7.91. The lowest BCUT2D eigenvalue weighted by molar-refractivity contribution is -0.180. The molecule has 0 bridgehead atoms. The Morgan fingerprint density at radius 3 is 2.32 bits per heavy atom. The van der Waals surface area contributed by atoms with Crippen LogP contribution in [-0.2, 0) is 10.0 Å². The summed E-state index contributed by atoms with van der Waals surface area (Å²) < 4.78 is 77.9. The maximum absolute atomic E-state index is 13.2. The van der Waals surface area contributed by atoms with Gasteiger partial charge in [0, 0.05) is 10.6 Å². The van der Waals surface area contributed by atoms with E-state index in [-0.39, 0.29) is 21.2 Å². The Morgan fingerprint density at radius 2 is 1.79 bits per heavy atom. The molecule has 0 radical (unpaired) electrons. The Balaban J connectivity index is 2.28. The third-order valence-electron chi connectivity index (χ3n) is 3.68. The lowest BCUT2D eigenvalue weighted by Crippen LogP contribution is -2.53. The Labute approximate surface area is 167 Å². The van der Waals surface area contributed by atoms with Gasteiger partial charge in [0.1, 0.15) is 15.6 Å².